The SMILES string of the molecule is Nc1cc2c(cc1[N+](=O)[O-])OC(F)(F)C(F)(Cl)O2. The highest BCUT2D eigenvalue weighted by Crippen LogP contribution is 2.50. The topological polar surface area (TPSA) is 87.6 Å². The number of ether oxygens (including phenoxy) is 2. The van der Waals surface area contributed by atoms with E-state index < -0.39 is 39.2 Å². The molecule has 0 aliphatic carbocycles. The minimum Gasteiger partial charge on any atom is -0.434 e. The van der Waals surface area contributed by atoms with E-state index >= 15 is 0 Å². The Hall–Kier alpha value is -1.90. The first kappa shape index (κ1) is 12.6. The van der Waals surface area contributed by atoms with Crippen LogP contribution in [0.4, 0.5) is 24.5 Å². The second kappa shape index (κ2) is 3.55. The number of hydrogen-bond donors (Lipinski definition) is 1. The number of rotatable bonds is 1. The van der Waals surface area contributed by atoms with Crippen molar-refractivity contribution in [2.45, 2.75) is 11.4 Å². The third-order valence-electron chi connectivity index (χ3n) is 2.10. The largest absolute Gasteiger partial charge is 0.488 e. The van der Waals surface area contributed by atoms with Crippen molar-refractivity contribution in [1.82, 2.24) is 0 Å². The second-order valence-corrected chi connectivity index (χ2v) is 3.84. The lowest BCUT2D eigenvalue weighted by Gasteiger charge is -2.33. The number of halogens is 4. The van der Waals surface area contributed by atoms with Gasteiger partial charge < -0.3 is 15.2 Å². The molecular formula is C8H4ClF3N2O4. The molecule has 6 nitrogen and oxygen atoms in total. The molecule has 1 atom stereocenters. The summed E-state index contributed by atoms with van der Waals surface area (Å²) in [5.41, 5.74) is 4.20. The molecule has 0 fully saturated rings. The maximum absolute atomic E-state index is 13.2. The normalized spacial score (nSPS) is 24.7. The average Bonchev–Trinajstić information content (AvgIpc) is 2.18. The molecule has 1 aliphatic heterocycles. The van der Waals surface area contributed by atoms with Crippen molar-refractivity contribution >= 4 is 23.0 Å². The highest BCUT2D eigenvalue weighted by molar-refractivity contribution is 6.22. The predicted molar refractivity (Wildman–Crippen MR) is 53.4 cm³/mol. The number of benzene rings is 1. The van der Waals surface area contributed by atoms with Crippen LogP contribution in [0.5, 0.6) is 11.5 Å². The van der Waals surface area contributed by atoms with Crippen molar-refractivity contribution in [2.75, 3.05) is 5.73 Å². The van der Waals surface area contributed by atoms with E-state index in [1.165, 1.54) is 0 Å². The van der Waals surface area contributed by atoms with E-state index in [9.17, 15) is 23.3 Å². The highest BCUT2D eigenvalue weighted by Gasteiger charge is 2.63. The molecular weight excluding hydrogens is 281 g/mol. The van der Waals surface area contributed by atoms with Gasteiger partial charge in [-0.15, -0.1) is 0 Å². The zero-order chi connectivity index (χ0) is 13.7. The molecule has 98 valence electrons. The lowest BCUT2D eigenvalue weighted by molar-refractivity contribution is -0.384. The summed E-state index contributed by atoms with van der Waals surface area (Å²) < 4.78 is 47.4. The number of nitrogen functional groups attached to an aromatic ring is 1. The smallest absolute Gasteiger partial charge is 0.434 e. The summed E-state index contributed by atoms with van der Waals surface area (Å²) in [4.78, 5) is 9.63. The first-order valence-electron chi connectivity index (χ1n) is 4.35. The van der Waals surface area contributed by atoms with Gasteiger partial charge in [0, 0.05) is 6.07 Å². The maximum atomic E-state index is 13.2. The number of anilines is 1. The van der Waals surface area contributed by atoms with Crippen LogP contribution in [-0.2, 0) is 0 Å². The van der Waals surface area contributed by atoms with Gasteiger partial charge in [0.2, 0.25) is 0 Å². The van der Waals surface area contributed by atoms with E-state index in [1.54, 1.807) is 0 Å². The fourth-order valence-corrected chi connectivity index (χ4v) is 1.40. The molecule has 0 radical (unpaired) electrons. The predicted octanol–water partition coefficient (Wildman–Crippen LogP) is 2.40. The molecule has 0 spiro atoms. The molecule has 0 amide bonds. The van der Waals surface area contributed by atoms with E-state index in [4.69, 9.17) is 17.3 Å². The average molecular weight is 285 g/mol. The van der Waals surface area contributed by atoms with Crippen LogP contribution in [0.15, 0.2) is 12.1 Å². The van der Waals surface area contributed by atoms with E-state index in [2.05, 4.69) is 9.47 Å². The first-order valence-corrected chi connectivity index (χ1v) is 4.73. The number of hydrogen-bond acceptors (Lipinski definition) is 5. The van der Waals surface area contributed by atoms with Crippen molar-refractivity contribution in [3.05, 3.63) is 22.2 Å². The molecule has 1 aromatic carbocycles. The van der Waals surface area contributed by atoms with Gasteiger partial charge in [-0.05, 0) is 11.6 Å². The summed E-state index contributed by atoms with van der Waals surface area (Å²) in [7, 11) is 0. The van der Waals surface area contributed by atoms with Crippen LogP contribution in [0.3, 0.4) is 0 Å². The molecule has 2 rings (SSSR count). The third kappa shape index (κ3) is 1.76. The number of nitrogens with zero attached hydrogens (tertiary/aromatic N) is 1. The van der Waals surface area contributed by atoms with Gasteiger partial charge in [0.05, 0.1) is 11.0 Å². The number of nitrogens with two attached hydrogens (primary N) is 1. The summed E-state index contributed by atoms with van der Waals surface area (Å²) in [6.07, 6.45) is -4.49. The van der Waals surface area contributed by atoms with Crippen LogP contribution in [-0.4, -0.2) is 16.3 Å². The number of nitro groups is 1. The molecule has 0 saturated heterocycles. The van der Waals surface area contributed by atoms with Gasteiger partial charge in [-0.1, -0.05) is 0 Å². The molecule has 1 aromatic rings. The zero-order valence-corrected chi connectivity index (χ0v) is 9.08. The van der Waals surface area contributed by atoms with Crippen molar-refractivity contribution in [1.29, 1.82) is 0 Å². The van der Waals surface area contributed by atoms with Crippen LogP contribution in [0.25, 0.3) is 0 Å². The Morgan fingerprint density at radius 3 is 2.39 bits per heavy atom. The minimum absolute atomic E-state index is 0.403. The van der Waals surface area contributed by atoms with E-state index in [-0.39, 0.29) is 0 Å². The fraction of sp³-hybridized carbons (Fsp3) is 0.250. The van der Waals surface area contributed by atoms with E-state index in [0.717, 1.165) is 6.07 Å². The number of alkyl halides is 4. The summed E-state index contributed by atoms with van der Waals surface area (Å²) in [5.74, 6) is -1.28. The lowest BCUT2D eigenvalue weighted by Crippen LogP contribution is -2.51. The first-order chi connectivity index (χ1) is 8.14. The van der Waals surface area contributed by atoms with E-state index in [0.29, 0.717) is 6.07 Å². The Balaban J connectivity index is 2.55. The van der Waals surface area contributed by atoms with Gasteiger partial charge in [-0.2, -0.15) is 13.2 Å². The standard InChI is InChI=1S/C8H4ClF3N2O4/c9-7(10)8(11,12)18-6-2-4(14(15)16)3(13)1-5(6)17-7/h1-2H,13H2. The quantitative estimate of drug-likeness (QED) is 0.370. The van der Waals surface area contributed by atoms with Gasteiger partial charge in [-0.3, -0.25) is 10.1 Å². The molecule has 1 unspecified atom stereocenters. The van der Waals surface area contributed by atoms with Crippen LogP contribution in [0, 0.1) is 10.1 Å². The van der Waals surface area contributed by atoms with E-state index in [1.807, 2.05) is 0 Å². The number of nitro benzene ring substituents is 1. The van der Waals surface area contributed by atoms with Gasteiger partial charge in [0.25, 0.3) is 5.69 Å². The minimum atomic E-state index is -4.49. The summed E-state index contributed by atoms with van der Waals surface area (Å²) >= 11 is 4.81. The zero-order valence-electron chi connectivity index (χ0n) is 8.32. The molecule has 10 heteroatoms. The molecule has 0 aromatic heterocycles. The Morgan fingerprint density at radius 1 is 1.28 bits per heavy atom. The fourth-order valence-electron chi connectivity index (χ4n) is 1.28. The molecule has 1 aliphatic rings. The molecule has 18 heavy (non-hydrogen) atoms. The summed E-state index contributed by atoms with van der Waals surface area (Å²) in [5, 5.41) is 6.62. The monoisotopic (exact) mass is 284 g/mol. The molecule has 2 N–H and O–H groups in total. The Morgan fingerprint density at radius 2 is 1.83 bits per heavy atom. The highest BCUT2D eigenvalue weighted by atomic mass is 35.5. The lowest BCUT2D eigenvalue weighted by atomic mass is 10.2. The van der Waals surface area contributed by atoms with Gasteiger partial charge >= 0.3 is 11.4 Å². The second-order valence-electron chi connectivity index (χ2n) is 3.35. The number of fused-ring (bicyclic) bond motifs is 1. The third-order valence-corrected chi connectivity index (χ3v) is 2.40. The maximum Gasteiger partial charge on any atom is 0.488 e. The summed E-state index contributed by atoms with van der Waals surface area (Å²) in [6.45, 7) is 0. The van der Waals surface area contributed by atoms with Crippen LogP contribution >= 0.6 is 11.6 Å². The van der Waals surface area contributed by atoms with Crippen molar-refractivity contribution in [3.8, 4) is 11.5 Å². The van der Waals surface area contributed by atoms with Gasteiger partial charge in [0.1, 0.15) is 5.69 Å². The van der Waals surface area contributed by atoms with Crippen LogP contribution in [0.1, 0.15) is 0 Å². The van der Waals surface area contributed by atoms with Crippen molar-refractivity contribution < 1.29 is 27.6 Å². The van der Waals surface area contributed by atoms with Crippen LogP contribution in [0.2, 0.25) is 0 Å². The Bertz CT molecular complexity index is 537. The van der Waals surface area contributed by atoms with Crippen molar-refractivity contribution in [3.63, 3.8) is 0 Å². The van der Waals surface area contributed by atoms with Gasteiger partial charge in [0.15, 0.2) is 11.5 Å². The summed E-state index contributed by atoms with van der Waals surface area (Å²) in [6, 6.07) is 1.38. The van der Waals surface area contributed by atoms with Gasteiger partial charge in [-0.25, -0.2) is 0 Å². The van der Waals surface area contributed by atoms with Crippen LogP contribution < -0.4 is 15.2 Å². The molecule has 0 saturated carbocycles. The Kier molecular flexibility index (Phi) is 2.47. The Labute approximate surface area is 102 Å². The van der Waals surface area contributed by atoms with Crippen molar-refractivity contribution in [2.24, 2.45) is 0 Å². The molecule has 0 bridgehead atoms. The molecule has 1 heterocycles.